The fourth-order valence-electron chi connectivity index (χ4n) is 4.44. The van der Waals surface area contributed by atoms with Crippen molar-refractivity contribution in [2.75, 3.05) is 0 Å². The van der Waals surface area contributed by atoms with E-state index in [0.29, 0.717) is 0 Å². The molecule has 0 heterocycles. The van der Waals surface area contributed by atoms with Crippen LogP contribution in [0.3, 0.4) is 0 Å². The molecule has 1 nitrogen and oxygen atoms in total. The van der Waals surface area contributed by atoms with Crippen molar-refractivity contribution in [3.8, 4) is 0 Å². The molecule has 0 saturated heterocycles. The Morgan fingerprint density at radius 3 is 0.840 bits per heavy atom. The fraction of sp³-hybridized carbons (Fsp3) is 0.455. The molecule has 3 heteroatoms. The Hall–Kier alpha value is 0.395. The van der Waals surface area contributed by atoms with Crippen LogP contribution in [0.1, 0.15) is 55.4 Å². The molecular weight excluding hydrogens is 402 g/mol. The molecule has 0 aromatic carbocycles. The topological polar surface area (TPSA) is 23.8 Å². The first-order valence-electron chi connectivity index (χ1n) is 8.22. The van der Waals surface area contributed by atoms with Gasteiger partial charge in [0.05, 0.1) is 8.07 Å². The zero-order valence-electron chi connectivity index (χ0n) is 17.9. The third-order valence-corrected chi connectivity index (χ3v) is 10.1. The summed E-state index contributed by atoms with van der Waals surface area (Å²) in [5.41, 5.74) is 3.35. The van der Waals surface area contributed by atoms with E-state index in [1.165, 1.54) is 47.3 Å². The summed E-state index contributed by atoms with van der Waals surface area (Å²) in [6, 6.07) is 0. The number of hydrogen-bond acceptors (Lipinski definition) is 1. The maximum atomic E-state index is 6.25. The van der Waals surface area contributed by atoms with E-state index in [9.17, 15) is 0 Å². The minimum absolute atomic E-state index is 0. The summed E-state index contributed by atoms with van der Waals surface area (Å²) in [6.07, 6.45) is 0. The van der Waals surface area contributed by atoms with E-state index in [-0.39, 0.29) is 28.5 Å². The number of rotatable bonds is 2. The summed E-state index contributed by atoms with van der Waals surface area (Å²) in [5, 5.41) is 6.25. The quantitative estimate of drug-likeness (QED) is 0.372. The minimum Gasteiger partial charge on any atom is -0.512 e. The molecule has 0 spiro atoms. The van der Waals surface area contributed by atoms with Gasteiger partial charge in [-0.1, -0.05) is 68.5 Å². The zero-order valence-corrected chi connectivity index (χ0v) is 20.9. The third kappa shape index (κ3) is 4.46. The summed E-state index contributed by atoms with van der Waals surface area (Å²) in [6.45, 7) is 28.3. The second kappa shape index (κ2) is 10.1. The largest absolute Gasteiger partial charge is 4.00 e. The van der Waals surface area contributed by atoms with Crippen molar-refractivity contribution in [3.63, 3.8) is 0 Å². The van der Waals surface area contributed by atoms with Gasteiger partial charge in [0.1, 0.15) is 0 Å². The molecular formula is C22H33MoNSi+2. The molecule has 2 fully saturated rings. The standard InChI is InChI=1S/C20H30Si.CN.CH3.Mo/c1-11-12(2)16(6)19(15(11)5)21(9,10)20-17(7)13(3)14(4)18(20)8;1-2;;/h1-10H3;;1H3;/q;2*-1;+4. The van der Waals surface area contributed by atoms with Crippen LogP contribution in [-0.2, 0) is 21.1 Å². The minimum atomic E-state index is -1.65. The van der Waals surface area contributed by atoms with Crippen LogP contribution in [0.4, 0.5) is 0 Å². The van der Waals surface area contributed by atoms with Crippen LogP contribution in [0.25, 0.3) is 0 Å². The molecule has 134 valence electrons. The van der Waals surface area contributed by atoms with Gasteiger partial charge in [-0.25, -0.2) is 0 Å². The summed E-state index contributed by atoms with van der Waals surface area (Å²) in [4.78, 5) is 0. The summed E-state index contributed by atoms with van der Waals surface area (Å²) in [5.74, 6) is 12.1. The molecule has 0 amide bonds. The van der Waals surface area contributed by atoms with Gasteiger partial charge in [0, 0.05) is 0 Å². The van der Waals surface area contributed by atoms with Crippen molar-refractivity contribution < 1.29 is 21.1 Å². The van der Waals surface area contributed by atoms with Crippen molar-refractivity contribution in [2.45, 2.75) is 68.5 Å². The van der Waals surface area contributed by atoms with Gasteiger partial charge in [-0.15, -0.1) is 0 Å². The summed E-state index contributed by atoms with van der Waals surface area (Å²) >= 11 is 0. The van der Waals surface area contributed by atoms with Crippen molar-refractivity contribution in [2.24, 2.45) is 0 Å². The Labute approximate surface area is 175 Å². The van der Waals surface area contributed by atoms with Crippen LogP contribution in [0.15, 0.2) is 0 Å². The molecule has 2 aliphatic rings. The Morgan fingerprint density at radius 1 is 0.520 bits per heavy atom. The Bertz CT molecular complexity index is 359. The maximum Gasteiger partial charge on any atom is 4.00 e. The smallest absolute Gasteiger partial charge is 0.512 e. The third-order valence-electron chi connectivity index (χ3n) is 6.12. The van der Waals surface area contributed by atoms with Crippen LogP contribution in [0.2, 0.25) is 13.1 Å². The van der Waals surface area contributed by atoms with E-state index >= 15 is 0 Å². The first kappa shape index (κ1) is 27.6. The molecule has 2 saturated carbocycles. The van der Waals surface area contributed by atoms with E-state index in [1.807, 2.05) is 0 Å². The molecule has 0 unspecified atom stereocenters. The van der Waals surface area contributed by atoms with E-state index in [4.69, 9.17) is 11.8 Å². The van der Waals surface area contributed by atoms with E-state index in [0.717, 1.165) is 0 Å². The van der Waals surface area contributed by atoms with Crippen molar-refractivity contribution in [1.29, 1.82) is 5.26 Å². The molecule has 0 bridgehead atoms. The Balaban J connectivity index is 0. The molecule has 2 aliphatic carbocycles. The average molecular weight is 436 g/mol. The van der Waals surface area contributed by atoms with Gasteiger partial charge < -0.3 is 19.3 Å². The van der Waals surface area contributed by atoms with Crippen LogP contribution >= 0.6 is 0 Å². The molecule has 0 aromatic rings. The SMILES string of the molecule is C[C]1[C](C)[C](C)[C]([Si](C)(C)[C]2[C](C)[C](C)[C](C)[C]2C)[C]1C.[C-]#N.[CH3-].[Mo+4]. The van der Waals surface area contributed by atoms with Crippen LogP contribution in [0, 0.1) is 77.7 Å². The number of hydrogen-bond donors (Lipinski definition) is 0. The predicted octanol–water partition coefficient (Wildman–Crippen LogP) is 6.25. The first-order valence-corrected chi connectivity index (χ1v) is 11.2. The zero-order chi connectivity index (χ0) is 18.3. The molecule has 0 aromatic heterocycles. The van der Waals surface area contributed by atoms with Gasteiger partial charge in [0.15, 0.2) is 0 Å². The van der Waals surface area contributed by atoms with Crippen molar-refractivity contribution in [1.82, 2.24) is 0 Å². The second-order valence-corrected chi connectivity index (χ2v) is 11.6. The predicted molar refractivity (Wildman–Crippen MR) is 107 cm³/mol. The van der Waals surface area contributed by atoms with E-state index in [1.54, 1.807) is 11.1 Å². The fourth-order valence-corrected chi connectivity index (χ4v) is 9.19. The van der Waals surface area contributed by atoms with Gasteiger partial charge in [0.25, 0.3) is 0 Å². The van der Waals surface area contributed by atoms with Crippen LogP contribution in [0.5, 0.6) is 0 Å². The van der Waals surface area contributed by atoms with Gasteiger partial charge in [-0.05, 0) is 58.4 Å². The molecule has 25 heavy (non-hydrogen) atoms. The second-order valence-electron chi connectivity index (χ2n) is 7.38. The molecule has 10 radical (unpaired) electrons. The van der Waals surface area contributed by atoms with Gasteiger partial charge in [-0.3, -0.25) is 0 Å². The maximum absolute atomic E-state index is 6.25. The van der Waals surface area contributed by atoms with E-state index < -0.39 is 8.07 Å². The van der Waals surface area contributed by atoms with Crippen LogP contribution < -0.4 is 0 Å². The molecule has 0 atom stereocenters. The first-order chi connectivity index (χ1) is 10.5. The molecule has 0 N–H and O–H groups in total. The molecule has 0 aliphatic heterocycles. The van der Waals surface area contributed by atoms with Gasteiger partial charge in [-0.2, -0.15) is 0 Å². The van der Waals surface area contributed by atoms with Gasteiger partial charge in [0.2, 0.25) is 0 Å². The average Bonchev–Trinajstić information content (AvgIpc) is 2.82. The Kier molecular flexibility index (Phi) is 11.1. The monoisotopic (exact) mass is 437 g/mol. The summed E-state index contributed by atoms with van der Waals surface area (Å²) in [7, 11) is -1.65. The number of nitrogens with zero attached hydrogens (tertiary/aromatic N) is 1. The van der Waals surface area contributed by atoms with Crippen molar-refractivity contribution in [3.05, 3.63) is 72.4 Å². The van der Waals surface area contributed by atoms with Gasteiger partial charge >= 0.3 is 21.1 Å². The van der Waals surface area contributed by atoms with Crippen LogP contribution in [-0.4, -0.2) is 8.07 Å². The summed E-state index contributed by atoms with van der Waals surface area (Å²) < 4.78 is 0. The Morgan fingerprint density at radius 2 is 0.680 bits per heavy atom. The normalized spacial score (nSPS) is 24.8. The molecule has 2 rings (SSSR count). The van der Waals surface area contributed by atoms with E-state index in [2.05, 4.69) is 68.5 Å². The van der Waals surface area contributed by atoms with Crippen molar-refractivity contribution >= 4 is 8.07 Å².